The molecule has 1 aliphatic carbocycles. The van der Waals surface area contributed by atoms with Crippen LogP contribution in [0, 0.1) is 0 Å². The van der Waals surface area contributed by atoms with Crippen LogP contribution in [-0.2, 0) is 11.8 Å². The van der Waals surface area contributed by atoms with Crippen LogP contribution in [0.2, 0.25) is 0 Å². The average Bonchev–Trinajstić information content (AvgIpc) is 3.33. The summed E-state index contributed by atoms with van der Waals surface area (Å²) >= 11 is 0. The van der Waals surface area contributed by atoms with Crippen molar-refractivity contribution in [3.63, 3.8) is 0 Å². The summed E-state index contributed by atoms with van der Waals surface area (Å²) in [5.74, 6) is -1.25. The van der Waals surface area contributed by atoms with Crippen molar-refractivity contribution in [2.75, 3.05) is 5.32 Å². The number of hydrogen-bond donors (Lipinski definition) is 4. The molecule has 29 heavy (non-hydrogen) atoms. The summed E-state index contributed by atoms with van der Waals surface area (Å²) in [6.07, 6.45) is 1.68. The number of ether oxygens (including phenoxy) is 1. The quantitative estimate of drug-likeness (QED) is 0.573. The minimum atomic E-state index is -1.21. The molecule has 0 spiro atoms. The van der Waals surface area contributed by atoms with Crippen LogP contribution in [0.4, 0.5) is 10.6 Å². The fraction of sp³-hybridized carbons (Fsp3) is 0.500. The lowest BCUT2D eigenvalue weighted by Gasteiger charge is -2.14. The molecule has 3 rings (SSSR count). The Balaban J connectivity index is 1.58. The Kier molecular flexibility index (Phi) is 5.85. The SMILES string of the molecule is CC(C)NC(=O)O[C@@H]1CCC(c2cc(NC(=O)c3cc(C(=O)O)nn3C)n[nH]2)C1. The number of aromatic amines is 1. The first-order chi connectivity index (χ1) is 13.7. The highest BCUT2D eigenvalue weighted by Crippen LogP contribution is 2.35. The zero-order valence-corrected chi connectivity index (χ0v) is 16.4. The first-order valence-corrected chi connectivity index (χ1v) is 9.34. The Bertz CT molecular complexity index is 918. The smallest absolute Gasteiger partial charge is 0.407 e. The van der Waals surface area contributed by atoms with Crippen LogP contribution in [0.25, 0.3) is 0 Å². The summed E-state index contributed by atoms with van der Waals surface area (Å²) in [4.78, 5) is 35.1. The summed E-state index contributed by atoms with van der Waals surface area (Å²) in [7, 11) is 1.49. The lowest BCUT2D eigenvalue weighted by atomic mass is 10.0. The Labute approximate surface area is 166 Å². The van der Waals surface area contributed by atoms with E-state index in [0.717, 1.165) is 18.5 Å². The van der Waals surface area contributed by atoms with E-state index in [0.29, 0.717) is 12.2 Å². The van der Waals surface area contributed by atoms with Crippen LogP contribution in [0.5, 0.6) is 0 Å². The van der Waals surface area contributed by atoms with Crippen LogP contribution in [0.1, 0.15) is 65.7 Å². The van der Waals surface area contributed by atoms with E-state index in [4.69, 9.17) is 9.84 Å². The van der Waals surface area contributed by atoms with Gasteiger partial charge in [-0.05, 0) is 33.1 Å². The molecule has 2 heterocycles. The zero-order valence-electron chi connectivity index (χ0n) is 16.4. The Morgan fingerprint density at radius 2 is 2.07 bits per heavy atom. The van der Waals surface area contributed by atoms with Crippen LogP contribution in [-0.4, -0.2) is 55.2 Å². The lowest BCUT2D eigenvalue weighted by molar-refractivity contribution is 0.0689. The molecular formula is C18H24N6O5. The van der Waals surface area contributed by atoms with Crippen molar-refractivity contribution in [3.8, 4) is 0 Å². The van der Waals surface area contributed by atoms with Gasteiger partial charge in [0.2, 0.25) is 0 Å². The second kappa shape index (κ2) is 8.33. The van der Waals surface area contributed by atoms with E-state index in [2.05, 4.69) is 25.9 Å². The third kappa shape index (κ3) is 4.92. The molecule has 0 saturated heterocycles. The summed E-state index contributed by atoms with van der Waals surface area (Å²) in [6.45, 7) is 3.74. The van der Waals surface area contributed by atoms with E-state index in [1.165, 1.54) is 17.8 Å². The molecule has 0 aliphatic heterocycles. The lowest BCUT2D eigenvalue weighted by Crippen LogP contribution is -2.33. The van der Waals surface area contributed by atoms with E-state index in [9.17, 15) is 14.4 Å². The van der Waals surface area contributed by atoms with Crippen molar-refractivity contribution < 1.29 is 24.2 Å². The van der Waals surface area contributed by atoms with E-state index in [1.807, 2.05) is 13.8 Å². The molecule has 2 atom stereocenters. The highest BCUT2D eigenvalue weighted by atomic mass is 16.6. The van der Waals surface area contributed by atoms with Gasteiger partial charge in [-0.1, -0.05) is 0 Å². The Morgan fingerprint density at radius 3 is 2.72 bits per heavy atom. The molecule has 156 valence electrons. The molecule has 2 aromatic rings. The number of nitrogens with one attached hydrogen (secondary N) is 3. The number of carbonyl (C=O) groups excluding carboxylic acids is 2. The van der Waals surface area contributed by atoms with Crippen molar-refractivity contribution in [2.24, 2.45) is 7.05 Å². The van der Waals surface area contributed by atoms with Gasteiger partial charge in [-0.3, -0.25) is 14.6 Å². The minimum absolute atomic E-state index is 0.0180. The normalized spacial score (nSPS) is 18.6. The molecule has 1 aliphatic rings. The minimum Gasteiger partial charge on any atom is -0.476 e. The maximum Gasteiger partial charge on any atom is 0.407 e. The fourth-order valence-electron chi connectivity index (χ4n) is 3.33. The van der Waals surface area contributed by atoms with E-state index < -0.39 is 18.0 Å². The van der Waals surface area contributed by atoms with Crippen LogP contribution < -0.4 is 10.6 Å². The molecule has 11 heteroatoms. The number of rotatable bonds is 6. The standard InChI is InChI=1S/C18H24N6O5/c1-9(2)19-18(28)29-11-5-4-10(6-11)12-8-15(22-21-12)20-16(25)14-7-13(17(26)27)23-24(14)3/h7-11H,4-6H2,1-3H3,(H,19,28)(H,26,27)(H2,20,21,22,25)/t10?,11-/m1/s1. The molecule has 1 saturated carbocycles. The summed E-state index contributed by atoms with van der Waals surface area (Å²) < 4.78 is 6.63. The first-order valence-electron chi connectivity index (χ1n) is 9.34. The van der Waals surface area contributed by atoms with Gasteiger partial charge >= 0.3 is 12.1 Å². The molecule has 2 aromatic heterocycles. The second-order valence-corrected chi connectivity index (χ2v) is 7.34. The summed E-state index contributed by atoms with van der Waals surface area (Å²) in [5, 5.41) is 25.1. The molecular weight excluding hydrogens is 380 g/mol. The molecule has 11 nitrogen and oxygen atoms in total. The number of nitrogens with zero attached hydrogens (tertiary/aromatic N) is 3. The average molecular weight is 404 g/mol. The predicted octanol–water partition coefficient (Wildman–Crippen LogP) is 1.86. The third-order valence-electron chi connectivity index (χ3n) is 4.68. The van der Waals surface area contributed by atoms with Gasteiger partial charge in [0, 0.05) is 36.8 Å². The maximum absolute atomic E-state index is 12.4. The third-order valence-corrected chi connectivity index (χ3v) is 4.68. The number of amides is 2. The van der Waals surface area contributed by atoms with Gasteiger partial charge in [-0.15, -0.1) is 0 Å². The number of H-pyrrole nitrogens is 1. The number of aromatic nitrogens is 4. The largest absolute Gasteiger partial charge is 0.476 e. The molecule has 0 radical (unpaired) electrons. The zero-order chi connectivity index (χ0) is 21.1. The first kappa shape index (κ1) is 20.4. The molecule has 1 unspecified atom stereocenters. The van der Waals surface area contributed by atoms with Gasteiger partial charge in [0.05, 0.1) is 0 Å². The van der Waals surface area contributed by atoms with Gasteiger partial charge in [-0.25, -0.2) is 9.59 Å². The van der Waals surface area contributed by atoms with Crippen LogP contribution in [0.15, 0.2) is 12.1 Å². The molecule has 4 N–H and O–H groups in total. The topological polar surface area (TPSA) is 151 Å². The summed E-state index contributed by atoms with van der Waals surface area (Å²) in [6, 6.07) is 2.95. The van der Waals surface area contributed by atoms with Gasteiger partial charge in [0.1, 0.15) is 11.8 Å². The van der Waals surface area contributed by atoms with Crippen LogP contribution in [0.3, 0.4) is 0 Å². The second-order valence-electron chi connectivity index (χ2n) is 7.34. The van der Waals surface area contributed by atoms with E-state index in [1.54, 1.807) is 6.07 Å². The number of aryl methyl sites for hydroxylation is 1. The van der Waals surface area contributed by atoms with E-state index in [-0.39, 0.29) is 29.5 Å². The van der Waals surface area contributed by atoms with Crippen LogP contribution >= 0.6 is 0 Å². The Morgan fingerprint density at radius 1 is 1.31 bits per heavy atom. The fourth-order valence-corrected chi connectivity index (χ4v) is 3.33. The van der Waals surface area contributed by atoms with Gasteiger partial charge in [0.15, 0.2) is 11.5 Å². The molecule has 0 aromatic carbocycles. The number of alkyl carbamates (subject to hydrolysis) is 1. The van der Waals surface area contributed by atoms with Crippen molar-refractivity contribution in [1.82, 2.24) is 25.3 Å². The summed E-state index contributed by atoms with van der Waals surface area (Å²) in [5.41, 5.74) is 0.739. The number of carboxylic acids is 1. The number of aromatic carboxylic acids is 1. The molecule has 0 bridgehead atoms. The van der Waals surface area contributed by atoms with E-state index >= 15 is 0 Å². The number of anilines is 1. The highest BCUT2D eigenvalue weighted by Gasteiger charge is 2.30. The number of carboxylic acid groups (broad SMARTS) is 1. The maximum atomic E-state index is 12.4. The Hall–Kier alpha value is -3.37. The van der Waals surface area contributed by atoms with Crippen molar-refractivity contribution in [2.45, 2.75) is 51.2 Å². The van der Waals surface area contributed by atoms with Crippen molar-refractivity contribution >= 4 is 23.8 Å². The van der Waals surface area contributed by atoms with Gasteiger partial charge in [-0.2, -0.15) is 10.2 Å². The predicted molar refractivity (Wildman–Crippen MR) is 102 cm³/mol. The molecule has 1 fully saturated rings. The highest BCUT2D eigenvalue weighted by molar-refractivity contribution is 6.03. The number of hydrogen-bond acceptors (Lipinski definition) is 6. The van der Waals surface area contributed by atoms with Gasteiger partial charge < -0.3 is 20.5 Å². The van der Waals surface area contributed by atoms with Crippen molar-refractivity contribution in [3.05, 3.63) is 29.2 Å². The number of carbonyl (C=O) groups is 3. The monoisotopic (exact) mass is 404 g/mol. The van der Waals surface area contributed by atoms with Gasteiger partial charge in [0.25, 0.3) is 5.91 Å². The van der Waals surface area contributed by atoms with Crippen molar-refractivity contribution in [1.29, 1.82) is 0 Å². The molecule has 2 amide bonds.